The molecule has 0 bridgehead atoms. The zero-order valence-corrected chi connectivity index (χ0v) is 34.1. The van der Waals surface area contributed by atoms with Crippen molar-refractivity contribution in [3.8, 4) is 0 Å². The summed E-state index contributed by atoms with van der Waals surface area (Å²) in [5.41, 5.74) is 4.42. The van der Waals surface area contributed by atoms with Crippen LogP contribution in [0.1, 0.15) is 55.4 Å². The number of ether oxygens (including phenoxy) is 2. The molecule has 0 radical (unpaired) electrons. The van der Waals surface area contributed by atoms with Crippen LogP contribution in [0.15, 0.2) is 143 Å². The van der Waals surface area contributed by atoms with Crippen LogP contribution < -0.4 is 69.3 Å². The van der Waals surface area contributed by atoms with Gasteiger partial charge in [-0.25, -0.2) is 9.59 Å². The Labute approximate surface area is 330 Å². The van der Waals surface area contributed by atoms with Crippen molar-refractivity contribution in [3.63, 3.8) is 0 Å². The summed E-state index contributed by atoms with van der Waals surface area (Å²) in [7, 11) is 0. The summed E-state index contributed by atoms with van der Waals surface area (Å²) in [6, 6.07) is 0. The molecule has 0 saturated heterocycles. The van der Waals surface area contributed by atoms with E-state index in [0.29, 0.717) is 18.8 Å². The maximum Gasteiger partial charge on any atom is 1.00 e. The first-order valence-electron chi connectivity index (χ1n) is 14.6. The van der Waals surface area contributed by atoms with E-state index in [1.165, 1.54) is 25.2 Å². The third-order valence-corrected chi connectivity index (χ3v) is 5.24. The van der Waals surface area contributed by atoms with Gasteiger partial charge in [-0.1, -0.05) is 120 Å². The summed E-state index contributed by atoms with van der Waals surface area (Å²) in [5.74, 6) is -3.06. The summed E-state index contributed by atoms with van der Waals surface area (Å²) in [5, 5.41) is 20.7. The molecule has 0 amide bonds. The van der Waals surface area contributed by atoms with Gasteiger partial charge in [0.2, 0.25) is 0 Å². The van der Waals surface area contributed by atoms with E-state index >= 15 is 0 Å². The quantitative estimate of drug-likeness (QED) is 0.0936. The Morgan fingerprint density at radius 3 is 1.23 bits per heavy atom. The van der Waals surface area contributed by atoms with Gasteiger partial charge in [0.05, 0.1) is 25.2 Å². The molecule has 0 aromatic heterocycles. The molecule has 0 spiro atoms. The standard InChI is InChI=1S/C21H28O4.C17H20O4.2Na/c1-6-24-20(22)16-15-18(4)12-9-8-11-17(3)13-10-14-19(5)21(23)25-7-2;1-13(9-6-10-15(3)17(20)21)7-4-5-8-14(2)11-12-16(18)19;;/h8-16H,6-7H2,1-5H3;4-12H,1-3H3,(H,18,19)(H,20,21);;/q;;2*+1/p-2/b9-8+,13-10+,16-15+,17-11+,18-12+,19-14+;5-4+,9-6+,12-11+,13-7+,14-8+,15-10+;;. The Morgan fingerprint density at radius 1 is 0.479 bits per heavy atom. The maximum absolute atomic E-state index is 11.4. The van der Waals surface area contributed by atoms with Crippen LogP contribution >= 0.6 is 0 Å². The molecule has 0 N–H and O–H groups in total. The van der Waals surface area contributed by atoms with Crippen molar-refractivity contribution in [3.05, 3.63) is 143 Å². The fraction of sp³-hybridized carbons (Fsp3) is 0.263. The molecule has 0 heterocycles. The van der Waals surface area contributed by atoms with E-state index in [2.05, 4.69) is 0 Å². The first-order chi connectivity index (χ1) is 21.7. The van der Waals surface area contributed by atoms with Crippen LogP contribution in [0.2, 0.25) is 0 Å². The number of aliphatic carboxylic acids is 2. The normalized spacial score (nSPS) is 13.6. The average Bonchev–Trinajstić information content (AvgIpc) is 2.99. The summed E-state index contributed by atoms with van der Waals surface area (Å²) in [4.78, 5) is 43.3. The summed E-state index contributed by atoms with van der Waals surface area (Å²) < 4.78 is 9.71. The van der Waals surface area contributed by atoms with Gasteiger partial charge in [0, 0.05) is 11.6 Å². The number of hydrogen-bond acceptors (Lipinski definition) is 8. The van der Waals surface area contributed by atoms with Gasteiger partial charge in [-0.15, -0.1) is 0 Å². The minimum absolute atomic E-state index is 0. The molecule has 0 aliphatic carbocycles. The van der Waals surface area contributed by atoms with Crippen LogP contribution in [-0.4, -0.2) is 37.1 Å². The Balaban J connectivity index is -0.000000393. The van der Waals surface area contributed by atoms with Crippen molar-refractivity contribution in [1.82, 2.24) is 0 Å². The number of rotatable bonds is 16. The van der Waals surface area contributed by atoms with E-state index in [0.717, 1.165) is 28.4 Å². The minimum atomic E-state index is -1.23. The molecule has 0 atom stereocenters. The van der Waals surface area contributed by atoms with Crippen LogP contribution in [0, 0.1) is 0 Å². The molecule has 10 heteroatoms. The number of hydrogen-bond donors (Lipinski definition) is 0. The zero-order valence-electron chi connectivity index (χ0n) is 30.1. The number of carbonyl (C=O) groups is 4. The fourth-order valence-corrected chi connectivity index (χ4v) is 2.71. The Morgan fingerprint density at radius 2 is 0.854 bits per heavy atom. The van der Waals surface area contributed by atoms with E-state index < -0.39 is 11.9 Å². The van der Waals surface area contributed by atoms with Crippen molar-refractivity contribution in [2.24, 2.45) is 0 Å². The fourth-order valence-electron chi connectivity index (χ4n) is 2.71. The molecule has 0 saturated carbocycles. The van der Waals surface area contributed by atoms with Gasteiger partial charge in [0.25, 0.3) is 0 Å². The molecule has 0 aliphatic heterocycles. The van der Waals surface area contributed by atoms with Crippen LogP contribution in [0.3, 0.4) is 0 Å². The van der Waals surface area contributed by atoms with Gasteiger partial charge in [-0.2, -0.15) is 0 Å². The average molecular weight is 677 g/mol. The third-order valence-electron chi connectivity index (χ3n) is 5.24. The number of carboxylic acid groups (broad SMARTS) is 2. The van der Waals surface area contributed by atoms with E-state index in [4.69, 9.17) is 9.47 Å². The maximum atomic E-state index is 11.4. The van der Waals surface area contributed by atoms with Gasteiger partial charge < -0.3 is 29.3 Å². The van der Waals surface area contributed by atoms with Crippen LogP contribution in [0.5, 0.6) is 0 Å². The van der Waals surface area contributed by atoms with Gasteiger partial charge in [0.15, 0.2) is 0 Å². The van der Waals surface area contributed by atoms with Gasteiger partial charge >= 0.3 is 71.1 Å². The largest absolute Gasteiger partial charge is 1.00 e. The first-order valence-corrected chi connectivity index (χ1v) is 14.6. The molecule has 0 aliphatic rings. The number of esters is 2. The van der Waals surface area contributed by atoms with E-state index in [1.54, 1.807) is 70.2 Å². The predicted molar refractivity (Wildman–Crippen MR) is 181 cm³/mol. The molecule has 8 nitrogen and oxygen atoms in total. The monoisotopic (exact) mass is 676 g/mol. The topological polar surface area (TPSA) is 133 Å². The van der Waals surface area contributed by atoms with E-state index in [-0.39, 0.29) is 76.6 Å². The zero-order chi connectivity index (χ0) is 35.3. The van der Waals surface area contributed by atoms with Gasteiger partial charge in [-0.05, 0) is 67.0 Å². The SMILES string of the molecule is CC(/C=C/C=C(\C)C(=O)[O-])=C\C=C\C=C(C)\C=C\C(=O)[O-].CCOC(=O)/C=C/C(C)=C/C=C/C=C(C)/C=C/C=C(\C)C(=O)OCC.[Na+].[Na+]. The molecule has 248 valence electrons. The molecule has 0 rings (SSSR count). The molecule has 0 aromatic rings. The Hall–Kier alpha value is -3.24. The smallest absolute Gasteiger partial charge is 0.545 e. The number of allylic oxidation sites excluding steroid dienone is 20. The summed E-state index contributed by atoms with van der Waals surface area (Å²) in [6.07, 6.45) is 30.7. The van der Waals surface area contributed by atoms with Gasteiger partial charge in [0.1, 0.15) is 0 Å². The van der Waals surface area contributed by atoms with Crippen molar-refractivity contribution in [2.45, 2.75) is 55.4 Å². The van der Waals surface area contributed by atoms with Crippen LogP contribution in [0.4, 0.5) is 0 Å². The van der Waals surface area contributed by atoms with Crippen LogP contribution in [-0.2, 0) is 28.7 Å². The van der Waals surface area contributed by atoms with E-state index in [9.17, 15) is 29.4 Å². The number of carbonyl (C=O) groups excluding carboxylic acids is 4. The Kier molecular flexibility index (Phi) is 36.2. The first kappa shape index (κ1) is 51.6. The van der Waals surface area contributed by atoms with Gasteiger partial charge in [-0.3, -0.25) is 0 Å². The second-order valence-electron chi connectivity index (χ2n) is 9.58. The summed E-state index contributed by atoms with van der Waals surface area (Å²) in [6.45, 7) is 15.0. The number of carboxylic acids is 2. The molecular formula is C38H46Na2O8. The molecule has 0 aromatic carbocycles. The predicted octanol–water partition coefficient (Wildman–Crippen LogP) is -0.378. The van der Waals surface area contributed by atoms with Crippen LogP contribution in [0.25, 0.3) is 0 Å². The van der Waals surface area contributed by atoms with Crippen molar-refractivity contribution >= 4 is 23.9 Å². The molecule has 0 fully saturated rings. The molecule has 48 heavy (non-hydrogen) atoms. The minimum Gasteiger partial charge on any atom is -0.545 e. The van der Waals surface area contributed by atoms with E-state index in [1.807, 2.05) is 63.3 Å². The Bertz CT molecular complexity index is 1390. The molecular weight excluding hydrogens is 630 g/mol. The second-order valence-corrected chi connectivity index (χ2v) is 9.58. The second kappa shape index (κ2) is 33.7. The van der Waals surface area contributed by atoms with Crippen molar-refractivity contribution in [2.75, 3.05) is 13.2 Å². The van der Waals surface area contributed by atoms with Crippen molar-refractivity contribution < 1.29 is 98.0 Å². The third kappa shape index (κ3) is 34.1. The summed E-state index contributed by atoms with van der Waals surface area (Å²) >= 11 is 0. The molecule has 0 unspecified atom stereocenters. The van der Waals surface area contributed by atoms with Crippen molar-refractivity contribution in [1.29, 1.82) is 0 Å².